The van der Waals surface area contributed by atoms with E-state index in [1.54, 1.807) is 14.2 Å². The Morgan fingerprint density at radius 2 is 1.67 bits per heavy atom. The number of rotatable bonds is 9. The van der Waals surface area contributed by atoms with Crippen LogP contribution in [0, 0.1) is 0 Å². The molecular weight excluding hydrogens is 453 g/mol. The van der Waals surface area contributed by atoms with E-state index in [9.17, 15) is 0 Å². The van der Waals surface area contributed by atoms with Crippen molar-refractivity contribution in [2.75, 3.05) is 20.8 Å². The van der Waals surface area contributed by atoms with Gasteiger partial charge < -0.3 is 20.1 Å². The van der Waals surface area contributed by atoms with E-state index in [4.69, 9.17) is 9.47 Å². The average Bonchev–Trinajstić information content (AvgIpc) is 2.66. The van der Waals surface area contributed by atoms with Crippen LogP contribution in [0.4, 0.5) is 0 Å². The zero-order chi connectivity index (χ0) is 18.6. The lowest BCUT2D eigenvalue weighted by atomic mass is 10.1. The Bertz CT molecular complexity index is 680. The summed E-state index contributed by atoms with van der Waals surface area (Å²) in [5, 5.41) is 6.62. The molecule has 0 aliphatic rings. The molecule has 148 valence electrons. The molecule has 0 aliphatic carbocycles. The number of benzene rings is 2. The molecule has 5 nitrogen and oxygen atoms in total. The lowest BCUT2D eigenvalue weighted by molar-refractivity contribution is 0.107. The van der Waals surface area contributed by atoms with Crippen LogP contribution in [-0.4, -0.2) is 32.8 Å². The van der Waals surface area contributed by atoms with Crippen molar-refractivity contribution in [3.05, 3.63) is 71.3 Å². The Balaban J connectivity index is 0.00000364. The van der Waals surface area contributed by atoms with Gasteiger partial charge in [-0.25, -0.2) is 0 Å². The van der Waals surface area contributed by atoms with E-state index >= 15 is 0 Å². The zero-order valence-corrected chi connectivity index (χ0v) is 18.6. The molecule has 2 aromatic rings. The van der Waals surface area contributed by atoms with Crippen molar-refractivity contribution in [1.29, 1.82) is 0 Å². The third-order valence-corrected chi connectivity index (χ3v) is 3.86. The minimum atomic E-state index is 0. The zero-order valence-electron chi connectivity index (χ0n) is 16.3. The van der Waals surface area contributed by atoms with E-state index in [1.807, 2.05) is 18.2 Å². The van der Waals surface area contributed by atoms with Crippen molar-refractivity contribution in [2.24, 2.45) is 4.99 Å². The third kappa shape index (κ3) is 9.21. The van der Waals surface area contributed by atoms with E-state index in [-0.39, 0.29) is 30.0 Å². The Morgan fingerprint density at radius 3 is 2.37 bits per heavy atom. The van der Waals surface area contributed by atoms with Crippen molar-refractivity contribution >= 4 is 29.9 Å². The third-order valence-electron chi connectivity index (χ3n) is 3.86. The fraction of sp³-hybridized carbons (Fsp3) is 0.381. The minimum absolute atomic E-state index is 0. The van der Waals surface area contributed by atoms with Crippen LogP contribution in [-0.2, 0) is 29.2 Å². The van der Waals surface area contributed by atoms with Crippen LogP contribution < -0.4 is 10.6 Å². The molecule has 2 N–H and O–H groups in total. The van der Waals surface area contributed by atoms with Gasteiger partial charge in [0.2, 0.25) is 0 Å². The minimum Gasteiger partial charge on any atom is -0.383 e. The normalized spacial score (nSPS) is 12.2. The SMILES string of the molecule is CN=C(NCc1cccc(COCc2ccccc2)c1)NC(C)COC.I. The molecule has 2 rings (SSSR count). The van der Waals surface area contributed by atoms with Gasteiger partial charge in [0.15, 0.2) is 5.96 Å². The lowest BCUT2D eigenvalue weighted by Crippen LogP contribution is -2.43. The number of guanidine groups is 1. The molecule has 2 aromatic carbocycles. The highest BCUT2D eigenvalue weighted by Crippen LogP contribution is 2.09. The van der Waals surface area contributed by atoms with Crippen molar-refractivity contribution in [2.45, 2.75) is 32.7 Å². The first-order valence-corrected chi connectivity index (χ1v) is 8.87. The van der Waals surface area contributed by atoms with E-state index in [1.165, 1.54) is 11.1 Å². The van der Waals surface area contributed by atoms with Gasteiger partial charge in [-0.15, -0.1) is 24.0 Å². The number of hydrogen-bond donors (Lipinski definition) is 2. The predicted octanol–water partition coefficient (Wildman–Crippen LogP) is 3.72. The van der Waals surface area contributed by atoms with Gasteiger partial charge in [-0.3, -0.25) is 4.99 Å². The van der Waals surface area contributed by atoms with Crippen LogP contribution in [0.1, 0.15) is 23.6 Å². The van der Waals surface area contributed by atoms with Gasteiger partial charge in [-0.1, -0.05) is 54.6 Å². The van der Waals surface area contributed by atoms with E-state index in [0.717, 1.165) is 11.5 Å². The van der Waals surface area contributed by atoms with Crippen LogP contribution in [0.2, 0.25) is 0 Å². The van der Waals surface area contributed by atoms with Crippen LogP contribution in [0.25, 0.3) is 0 Å². The van der Waals surface area contributed by atoms with Crippen LogP contribution in [0.3, 0.4) is 0 Å². The van der Waals surface area contributed by atoms with Gasteiger partial charge in [-0.05, 0) is 23.6 Å². The van der Waals surface area contributed by atoms with Gasteiger partial charge >= 0.3 is 0 Å². The summed E-state index contributed by atoms with van der Waals surface area (Å²) in [6, 6.07) is 18.8. The van der Waals surface area contributed by atoms with Gasteiger partial charge in [0.1, 0.15) is 0 Å². The largest absolute Gasteiger partial charge is 0.383 e. The second kappa shape index (κ2) is 13.5. The van der Waals surface area contributed by atoms with Gasteiger partial charge in [0, 0.05) is 26.7 Å². The molecule has 0 aliphatic heterocycles. The standard InChI is InChI=1S/C21H29N3O2.HI/c1-17(14-25-3)24-21(22-2)23-13-19-10-7-11-20(12-19)16-26-15-18-8-5-4-6-9-18;/h4-12,17H,13-16H2,1-3H3,(H2,22,23,24);1H. The highest BCUT2D eigenvalue weighted by Gasteiger charge is 2.05. The van der Waals surface area contributed by atoms with Gasteiger partial charge in [-0.2, -0.15) is 0 Å². The Kier molecular flexibility index (Phi) is 11.7. The summed E-state index contributed by atoms with van der Waals surface area (Å²) < 4.78 is 11.0. The first kappa shape index (κ1) is 23.4. The van der Waals surface area contributed by atoms with Crippen molar-refractivity contribution < 1.29 is 9.47 Å². The summed E-state index contributed by atoms with van der Waals surface area (Å²) in [7, 11) is 3.46. The molecular formula is C21H30IN3O2. The summed E-state index contributed by atoms with van der Waals surface area (Å²) >= 11 is 0. The summed E-state index contributed by atoms with van der Waals surface area (Å²) in [6.45, 7) is 4.61. The molecule has 1 unspecified atom stereocenters. The van der Waals surface area contributed by atoms with Gasteiger partial charge in [0.05, 0.1) is 19.8 Å². The number of aliphatic imine (C=N–C) groups is 1. The highest BCUT2D eigenvalue weighted by molar-refractivity contribution is 14.0. The quantitative estimate of drug-likeness (QED) is 0.325. The van der Waals surface area contributed by atoms with Crippen molar-refractivity contribution in [3.63, 3.8) is 0 Å². The first-order valence-electron chi connectivity index (χ1n) is 8.87. The Labute approximate surface area is 179 Å². The van der Waals surface area contributed by atoms with Crippen molar-refractivity contribution in [3.8, 4) is 0 Å². The predicted molar refractivity (Wildman–Crippen MR) is 121 cm³/mol. The molecule has 0 amide bonds. The van der Waals surface area contributed by atoms with E-state index in [2.05, 4.69) is 58.9 Å². The summed E-state index contributed by atoms with van der Waals surface area (Å²) in [5.74, 6) is 0.764. The number of halogens is 1. The number of hydrogen-bond acceptors (Lipinski definition) is 3. The molecule has 6 heteroatoms. The second-order valence-corrected chi connectivity index (χ2v) is 6.22. The fourth-order valence-corrected chi connectivity index (χ4v) is 2.60. The molecule has 27 heavy (non-hydrogen) atoms. The maximum Gasteiger partial charge on any atom is 0.191 e. The molecule has 0 aromatic heterocycles. The maximum absolute atomic E-state index is 5.82. The van der Waals surface area contributed by atoms with Crippen LogP contribution >= 0.6 is 24.0 Å². The van der Waals surface area contributed by atoms with Gasteiger partial charge in [0.25, 0.3) is 0 Å². The monoisotopic (exact) mass is 483 g/mol. The summed E-state index contributed by atoms with van der Waals surface area (Å²) in [4.78, 5) is 4.25. The Morgan fingerprint density at radius 1 is 1.00 bits per heavy atom. The van der Waals surface area contributed by atoms with Crippen LogP contribution in [0.5, 0.6) is 0 Å². The maximum atomic E-state index is 5.82. The van der Waals surface area contributed by atoms with E-state index in [0.29, 0.717) is 26.4 Å². The number of ether oxygens (including phenoxy) is 2. The molecule has 1 atom stereocenters. The lowest BCUT2D eigenvalue weighted by Gasteiger charge is -2.17. The number of methoxy groups -OCH3 is 1. The fourth-order valence-electron chi connectivity index (χ4n) is 2.60. The molecule has 0 radical (unpaired) electrons. The van der Waals surface area contributed by atoms with Crippen molar-refractivity contribution in [1.82, 2.24) is 10.6 Å². The Hall–Kier alpha value is -1.64. The molecule has 0 bridgehead atoms. The topological polar surface area (TPSA) is 54.9 Å². The molecule has 0 heterocycles. The summed E-state index contributed by atoms with van der Waals surface area (Å²) in [5.41, 5.74) is 3.54. The smallest absolute Gasteiger partial charge is 0.191 e. The number of nitrogens with one attached hydrogen (secondary N) is 2. The molecule has 0 saturated carbocycles. The molecule has 0 fully saturated rings. The summed E-state index contributed by atoms with van der Waals surface area (Å²) in [6.07, 6.45) is 0. The number of nitrogens with zero attached hydrogens (tertiary/aromatic N) is 1. The molecule has 0 saturated heterocycles. The molecule has 0 spiro atoms. The average molecular weight is 483 g/mol. The first-order chi connectivity index (χ1) is 12.7. The van der Waals surface area contributed by atoms with E-state index < -0.39 is 0 Å². The highest BCUT2D eigenvalue weighted by atomic mass is 127. The van der Waals surface area contributed by atoms with Crippen LogP contribution in [0.15, 0.2) is 59.6 Å². The second-order valence-electron chi connectivity index (χ2n) is 6.22.